The number of ether oxygens (including phenoxy) is 4. The van der Waals surface area contributed by atoms with E-state index in [0.29, 0.717) is 25.4 Å². The molecule has 0 aromatic heterocycles. The fourth-order valence-corrected chi connectivity index (χ4v) is 2.83. The standard InChI is InChI=1S/C12H15FN2O2.C12H11FN2O2/c2*1-3-16-10-5-8(6-14)9(7-15)11(13)12(10)17-4-2/h5H,3-4,6,14H2,1-2H3;5H,3-4H2,1-2H3. The Kier molecular flexibility index (Phi) is 11.6. The van der Waals surface area contributed by atoms with Gasteiger partial charge in [-0.25, -0.2) is 8.78 Å². The van der Waals surface area contributed by atoms with Gasteiger partial charge < -0.3 is 24.7 Å². The topological polar surface area (TPSA) is 134 Å². The number of hydrogen-bond donors (Lipinski definition) is 1. The molecule has 2 aromatic carbocycles. The van der Waals surface area contributed by atoms with Crippen molar-refractivity contribution in [3.63, 3.8) is 0 Å². The third kappa shape index (κ3) is 6.48. The van der Waals surface area contributed by atoms with Crippen LogP contribution in [-0.2, 0) is 6.54 Å². The number of nitrogens with two attached hydrogens (primary N) is 1. The van der Waals surface area contributed by atoms with Crippen LogP contribution in [0.1, 0.15) is 49.9 Å². The summed E-state index contributed by atoms with van der Waals surface area (Å²) >= 11 is 0. The largest absolute Gasteiger partial charge is 0.490 e. The molecule has 180 valence electrons. The van der Waals surface area contributed by atoms with Crippen LogP contribution >= 0.6 is 0 Å². The van der Waals surface area contributed by atoms with Crippen LogP contribution in [0.25, 0.3) is 0 Å². The van der Waals surface area contributed by atoms with E-state index in [-0.39, 0.29) is 52.8 Å². The minimum atomic E-state index is -0.850. The number of nitrogens with zero attached hydrogens (tertiary/aromatic N) is 3. The van der Waals surface area contributed by atoms with Gasteiger partial charge in [0.25, 0.3) is 0 Å². The summed E-state index contributed by atoms with van der Waals surface area (Å²) in [6, 6.07) is 8.07. The van der Waals surface area contributed by atoms with Crippen LogP contribution in [-0.4, -0.2) is 26.4 Å². The highest BCUT2D eigenvalue weighted by Gasteiger charge is 2.21. The molecule has 0 radical (unpaired) electrons. The molecular formula is C24H26F2N4O4. The maximum absolute atomic E-state index is 14.0. The Hall–Kier alpha value is -4.07. The Morgan fingerprint density at radius 1 is 0.706 bits per heavy atom. The van der Waals surface area contributed by atoms with Crippen LogP contribution in [0.15, 0.2) is 12.1 Å². The fourth-order valence-electron chi connectivity index (χ4n) is 2.83. The van der Waals surface area contributed by atoms with Crippen molar-refractivity contribution in [1.29, 1.82) is 15.8 Å². The van der Waals surface area contributed by atoms with Crippen LogP contribution in [0.5, 0.6) is 23.0 Å². The minimum absolute atomic E-state index is 0.0249. The fraction of sp³-hybridized carbons (Fsp3) is 0.375. The first-order valence-corrected chi connectivity index (χ1v) is 10.5. The Balaban J connectivity index is 0.000000340. The quantitative estimate of drug-likeness (QED) is 0.570. The van der Waals surface area contributed by atoms with E-state index in [1.807, 2.05) is 0 Å². The van der Waals surface area contributed by atoms with Gasteiger partial charge >= 0.3 is 0 Å². The van der Waals surface area contributed by atoms with E-state index < -0.39 is 11.6 Å². The predicted octanol–water partition coefficient (Wildman–Crippen LogP) is 4.32. The second-order valence-corrected chi connectivity index (χ2v) is 6.26. The number of benzene rings is 2. The molecular weight excluding hydrogens is 446 g/mol. The van der Waals surface area contributed by atoms with Gasteiger partial charge in [0, 0.05) is 12.6 Å². The van der Waals surface area contributed by atoms with E-state index >= 15 is 0 Å². The average Bonchev–Trinajstić information content (AvgIpc) is 2.83. The Morgan fingerprint density at radius 3 is 1.53 bits per heavy atom. The highest BCUT2D eigenvalue weighted by atomic mass is 19.1. The van der Waals surface area contributed by atoms with Crippen LogP contribution in [0, 0.1) is 45.6 Å². The second-order valence-electron chi connectivity index (χ2n) is 6.26. The first-order chi connectivity index (χ1) is 16.4. The van der Waals surface area contributed by atoms with Gasteiger partial charge in [0.05, 0.1) is 37.6 Å². The van der Waals surface area contributed by atoms with Gasteiger partial charge in [-0.05, 0) is 39.3 Å². The van der Waals surface area contributed by atoms with Crippen molar-refractivity contribution in [2.24, 2.45) is 5.73 Å². The summed E-state index contributed by atoms with van der Waals surface area (Å²) in [6.45, 7) is 8.26. The summed E-state index contributed by atoms with van der Waals surface area (Å²) in [6.07, 6.45) is 0. The molecule has 0 unspecified atom stereocenters. The van der Waals surface area contributed by atoms with E-state index in [2.05, 4.69) is 0 Å². The molecule has 10 heteroatoms. The molecule has 34 heavy (non-hydrogen) atoms. The van der Waals surface area contributed by atoms with Crippen LogP contribution in [0.4, 0.5) is 8.78 Å². The van der Waals surface area contributed by atoms with Crippen molar-refractivity contribution >= 4 is 0 Å². The van der Waals surface area contributed by atoms with Gasteiger partial charge in [0.2, 0.25) is 0 Å². The summed E-state index contributed by atoms with van der Waals surface area (Å²) in [7, 11) is 0. The third-order valence-electron chi connectivity index (χ3n) is 4.20. The van der Waals surface area contributed by atoms with Crippen molar-refractivity contribution in [2.45, 2.75) is 34.2 Å². The van der Waals surface area contributed by atoms with Crippen LogP contribution < -0.4 is 24.7 Å². The van der Waals surface area contributed by atoms with E-state index in [1.54, 1.807) is 52.0 Å². The Morgan fingerprint density at radius 2 is 1.15 bits per heavy atom. The van der Waals surface area contributed by atoms with Crippen molar-refractivity contribution < 1.29 is 27.7 Å². The lowest BCUT2D eigenvalue weighted by molar-refractivity contribution is 0.275. The third-order valence-corrected chi connectivity index (χ3v) is 4.20. The molecule has 2 rings (SSSR count). The molecule has 0 aliphatic heterocycles. The molecule has 0 amide bonds. The zero-order valence-electron chi connectivity index (χ0n) is 19.5. The number of rotatable bonds is 9. The first kappa shape index (κ1) is 28.0. The molecule has 0 saturated heterocycles. The zero-order chi connectivity index (χ0) is 25.7. The Bertz CT molecular complexity index is 1120. The maximum Gasteiger partial charge on any atom is 0.198 e. The molecule has 8 nitrogen and oxygen atoms in total. The van der Waals surface area contributed by atoms with Crippen molar-refractivity contribution in [3.8, 4) is 41.2 Å². The molecule has 0 saturated carbocycles. The van der Waals surface area contributed by atoms with Crippen molar-refractivity contribution in [3.05, 3.63) is 46.0 Å². The van der Waals surface area contributed by atoms with E-state index in [0.717, 1.165) is 0 Å². The predicted molar refractivity (Wildman–Crippen MR) is 120 cm³/mol. The molecule has 0 aliphatic rings. The van der Waals surface area contributed by atoms with Gasteiger partial charge in [-0.1, -0.05) is 0 Å². The summed E-state index contributed by atoms with van der Waals surface area (Å²) in [5, 5.41) is 26.5. The second kappa shape index (κ2) is 14.2. The maximum atomic E-state index is 14.0. The summed E-state index contributed by atoms with van der Waals surface area (Å²) in [5.74, 6) is -1.28. The number of hydrogen-bond acceptors (Lipinski definition) is 8. The van der Waals surface area contributed by atoms with Crippen molar-refractivity contribution in [1.82, 2.24) is 0 Å². The molecule has 0 heterocycles. The molecule has 2 aromatic rings. The summed E-state index contributed by atoms with van der Waals surface area (Å²) in [5.41, 5.74) is 5.42. The van der Waals surface area contributed by atoms with Crippen LogP contribution in [0.3, 0.4) is 0 Å². The lowest BCUT2D eigenvalue weighted by Crippen LogP contribution is -2.07. The average molecular weight is 472 g/mol. The lowest BCUT2D eigenvalue weighted by Gasteiger charge is -2.14. The van der Waals surface area contributed by atoms with E-state index in [9.17, 15) is 8.78 Å². The first-order valence-electron chi connectivity index (χ1n) is 10.5. The summed E-state index contributed by atoms with van der Waals surface area (Å²) in [4.78, 5) is 0. The van der Waals surface area contributed by atoms with E-state index in [4.69, 9.17) is 40.5 Å². The molecule has 0 atom stereocenters. The van der Waals surface area contributed by atoms with Gasteiger partial charge in [-0.15, -0.1) is 0 Å². The lowest BCUT2D eigenvalue weighted by atomic mass is 10.1. The zero-order valence-corrected chi connectivity index (χ0v) is 19.5. The van der Waals surface area contributed by atoms with Crippen LogP contribution in [0.2, 0.25) is 0 Å². The molecule has 0 aliphatic carbocycles. The molecule has 0 fully saturated rings. The highest BCUT2D eigenvalue weighted by Crippen LogP contribution is 2.35. The van der Waals surface area contributed by atoms with Crippen molar-refractivity contribution in [2.75, 3.05) is 26.4 Å². The smallest absolute Gasteiger partial charge is 0.198 e. The van der Waals surface area contributed by atoms with Gasteiger partial charge in [-0.2, -0.15) is 15.8 Å². The Labute approximate surface area is 197 Å². The van der Waals surface area contributed by atoms with Gasteiger partial charge in [0.15, 0.2) is 34.6 Å². The normalized spacial score (nSPS) is 9.53. The van der Waals surface area contributed by atoms with Gasteiger partial charge in [-0.3, -0.25) is 0 Å². The SMILES string of the molecule is CCOc1cc(C#N)c(C#N)c(F)c1OCC.CCOc1cc(CN)c(C#N)c(F)c1OCC. The molecule has 0 spiro atoms. The number of halogens is 2. The van der Waals surface area contributed by atoms with E-state index in [1.165, 1.54) is 6.07 Å². The molecule has 2 N–H and O–H groups in total. The summed E-state index contributed by atoms with van der Waals surface area (Å²) < 4.78 is 48.7. The minimum Gasteiger partial charge on any atom is -0.490 e. The molecule has 0 bridgehead atoms. The van der Waals surface area contributed by atoms with Gasteiger partial charge in [0.1, 0.15) is 23.8 Å². The monoisotopic (exact) mass is 472 g/mol. The highest BCUT2D eigenvalue weighted by molar-refractivity contribution is 5.57. The number of nitriles is 3.